The number of hydrogen-bond acceptors (Lipinski definition) is 3. The van der Waals surface area contributed by atoms with E-state index in [4.69, 9.17) is 4.42 Å². The predicted octanol–water partition coefficient (Wildman–Crippen LogP) is 3.45. The molecule has 0 saturated heterocycles. The van der Waals surface area contributed by atoms with Crippen LogP contribution in [0, 0.1) is 0 Å². The van der Waals surface area contributed by atoms with Crippen LogP contribution in [-0.2, 0) is 11.3 Å². The number of benzene rings is 1. The van der Waals surface area contributed by atoms with E-state index in [1.165, 1.54) is 0 Å². The Hall–Kier alpha value is -2.82. The van der Waals surface area contributed by atoms with Crippen LogP contribution in [0.4, 0.5) is 0 Å². The van der Waals surface area contributed by atoms with Gasteiger partial charge in [-0.25, -0.2) is 0 Å². The molecule has 5 nitrogen and oxygen atoms in total. The maximum atomic E-state index is 12.4. The van der Waals surface area contributed by atoms with Crippen molar-refractivity contribution in [2.75, 3.05) is 6.54 Å². The molecule has 0 spiro atoms. The Morgan fingerprint density at radius 2 is 2.08 bits per heavy atom. The Balaban J connectivity index is 1.53. The van der Waals surface area contributed by atoms with Crippen molar-refractivity contribution < 1.29 is 9.21 Å². The summed E-state index contributed by atoms with van der Waals surface area (Å²) >= 11 is 0. The summed E-state index contributed by atoms with van der Waals surface area (Å²) in [6.45, 7) is 3.21. The molecule has 2 heterocycles. The van der Waals surface area contributed by atoms with Crippen LogP contribution in [0.3, 0.4) is 0 Å². The molecule has 0 fully saturated rings. The standard InChI is InChI=1S/C19H21N3O2/c1-2-18(15-6-4-3-5-7-15)19(23)20-9-10-22-13-17(12-21-22)16-8-11-24-14-16/h3-8,11-14,18H,2,9-10H2,1H3,(H,20,23)/t18-/m1/s1. The van der Waals surface area contributed by atoms with E-state index in [-0.39, 0.29) is 11.8 Å². The summed E-state index contributed by atoms with van der Waals surface area (Å²) < 4.78 is 6.90. The first-order valence-corrected chi connectivity index (χ1v) is 8.15. The second kappa shape index (κ2) is 7.64. The van der Waals surface area contributed by atoms with Crippen LogP contribution in [0.1, 0.15) is 24.8 Å². The number of carbonyl (C=O) groups excluding carboxylic acids is 1. The average molecular weight is 323 g/mol. The van der Waals surface area contributed by atoms with E-state index in [0.29, 0.717) is 13.1 Å². The molecule has 0 aliphatic carbocycles. The second-order valence-corrected chi connectivity index (χ2v) is 5.67. The van der Waals surface area contributed by atoms with Crippen molar-refractivity contribution in [3.8, 4) is 11.1 Å². The van der Waals surface area contributed by atoms with Crippen LogP contribution in [0.2, 0.25) is 0 Å². The highest BCUT2D eigenvalue weighted by molar-refractivity contribution is 5.83. The largest absolute Gasteiger partial charge is 0.472 e. The highest BCUT2D eigenvalue weighted by Crippen LogP contribution is 2.19. The number of rotatable bonds is 7. The lowest BCUT2D eigenvalue weighted by atomic mass is 9.96. The van der Waals surface area contributed by atoms with E-state index < -0.39 is 0 Å². The third-order valence-electron chi connectivity index (χ3n) is 4.05. The average Bonchev–Trinajstić information content (AvgIpc) is 3.28. The quantitative estimate of drug-likeness (QED) is 0.724. The Morgan fingerprint density at radius 3 is 2.79 bits per heavy atom. The van der Waals surface area contributed by atoms with Crippen molar-refractivity contribution in [1.29, 1.82) is 0 Å². The molecule has 0 bridgehead atoms. The van der Waals surface area contributed by atoms with Gasteiger partial charge in [0.2, 0.25) is 5.91 Å². The number of aromatic nitrogens is 2. The van der Waals surface area contributed by atoms with Gasteiger partial charge < -0.3 is 9.73 Å². The lowest BCUT2D eigenvalue weighted by Gasteiger charge is -2.15. The zero-order chi connectivity index (χ0) is 16.8. The molecule has 0 aliphatic rings. The molecule has 0 aliphatic heterocycles. The molecule has 3 aromatic rings. The number of carbonyl (C=O) groups is 1. The van der Waals surface area contributed by atoms with Crippen LogP contribution in [0.25, 0.3) is 11.1 Å². The maximum Gasteiger partial charge on any atom is 0.227 e. The highest BCUT2D eigenvalue weighted by Gasteiger charge is 2.17. The molecular weight excluding hydrogens is 302 g/mol. The zero-order valence-electron chi connectivity index (χ0n) is 13.7. The van der Waals surface area contributed by atoms with Gasteiger partial charge in [0.15, 0.2) is 0 Å². The number of amides is 1. The summed E-state index contributed by atoms with van der Waals surface area (Å²) in [5, 5.41) is 7.32. The normalized spacial score (nSPS) is 12.0. The van der Waals surface area contributed by atoms with Gasteiger partial charge in [-0.3, -0.25) is 9.48 Å². The van der Waals surface area contributed by atoms with E-state index in [1.807, 2.05) is 54.2 Å². The second-order valence-electron chi connectivity index (χ2n) is 5.67. The Labute approximate surface area is 141 Å². The highest BCUT2D eigenvalue weighted by atomic mass is 16.3. The van der Waals surface area contributed by atoms with Gasteiger partial charge in [-0.2, -0.15) is 5.10 Å². The van der Waals surface area contributed by atoms with Gasteiger partial charge in [0.25, 0.3) is 0 Å². The van der Waals surface area contributed by atoms with Gasteiger partial charge in [0.1, 0.15) is 0 Å². The SMILES string of the molecule is CC[C@@H](C(=O)NCCn1cc(-c2ccoc2)cn1)c1ccccc1. The fourth-order valence-corrected chi connectivity index (χ4v) is 2.74. The number of furan rings is 1. The van der Waals surface area contributed by atoms with Crippen LogP contribution in [-0.4, -0.2) is 22.2 Å². The summed E-state index contributed by atoms with van der Waals surface area (Å²) in [7, 11) is 0. The summed E-state index contributed by atoms with van der Waals surface area (Å²) in [5.74, 6) is -0.0452. The predicted molar refractivity (Wildman–Crippen MR) is 92.4 cm³/mol. The Morgan fingerprint density at radius 1 is 1.25 bits per heavy atom. The molecule has 3 rings (SSSR count). The summed E-state index contributed by atoms with van der Waals surface area (Å²) in [6, 6.07) is 11.8. The van der Waals surface area contributed by atoms with E-state index in [0.717, 1.165) is 23.1 Å². The van der Waals surface area contributed by atoms with Crippen molar-refractivity contribution in [3.63, 3.8) is 0 Å². The van der Waals surface area contributed by atoms with Crippen LogP contribution in [0.5, 0.6) is 0 Å². The number of hydrogen-bond donors (Lipinski definition) is 1. The van der Waals surface area contributed by atoms with Crippen LogP contribution in [0.15, 0.2) is 65.7 Å². The number of nitrogens with one attached hydrogen (secondary N) is 1. The molecule has 1 aromatic carbocycles. The van der Waals surface area contributed by atoms with Gasteiger partial charge in [-0.1, -0.05) is 37.3 Å². The van der Waals surface area contributed by atoms with Crippen molar-refractivity contribution in [3.05, 3.63) is 66.9 Å². The molecule has 1 N–H and O–H groups in total. The van der Waals surface area contributed by atoms with Crippen LogP contribution < -0.4 is 5.32 Å². The van der Waals surface area contributed by atoms with Gasteiger partial charge in [0, 0.05) is 23.9 Å². The van der Waals surface area contributed by atoms with Crippen LogP contribution >= 0.6 is 0 Å². The van der Waals surface area contributed by atoms with Crippen molar-refractivity contribution >= 4 is 5.91 Å². The molecule has 1 amide bonds. The first-order valence-electron chi connectivity index (χ1n) is 8.15. The topological polar surface area (TPSA) is 60.1 Å². The third-order valence-corrected chi connectivity index (χ3v) is 4.05. The zero-order valence-corrected chi connectivity index (χ0v) is 13.7. The van der Waals surface area contributed by atoms with Gasteiger partial charge >= 0.3 is 0 Å². The van der Waals surface area contributed by atoms with Gasteiger partial charge in [0.05, 0.1) is 31.2 Å². The molecule has 0 radical (unpaired) electrons. The minimum Gasteiger partial charge on any atom is -0.472 e. The van der Waals surface area contributed by atoms with Crippen molar-refractivity contribution in [1.82, 2.24) is 15.1 Å². The molecule has 0 unspecified atom stereocenters. The first-order chi connectivity index (χ1) is 11.8. The molecule has 0 saturated carbocycles. The Bertz CT molecular complexity index is 763. The fraction of sp³-hybridized carbons (Fsp3) is 0.263. The van der Waals surface area contributed by atoms with E-state index >= 15 is 0 Å². The minimum absolute atomic E-state index is 0.0610. The lowest BCUT2D eigenvalue weighted by molar-refractivity contribution is -0.122. The summed E-state index contributed by atoms with van der Waals surface area (Å²) in [5.41, 5.74) is 3.06. The fourth-order valence-electron chi connectivity index (χ4n) is 2.74. The maximum absolute atomic E-state index is 12.4. The summed E-state index contributed by atoms with van der Waals surface area (Å²) in [6.07, 6.45) is 7.86. The monoisotopic (exact) mass is 323 g/mol. The lowest BCUT2D eigenvalue weighted by Crippen LogP contribution is -2.31. The Kier molecular flexibility index (Phi) is 5.11. The minimum atomic E-state index is -0.106. The molecular formula is C19H21N3O2. The van der Waals surface area contributed by atoms with E-state index in [2.05, 4.69) is 10.4 Å². The molecule has 124 valence electrons. The van der Waals surface area contributed by atoms with E-state index in [9.17, 15) is 4.79 Å². The third kappa shape index (κ3) is 3.74. The van der Waals surface area contributed by atoms with Crippen molar-refractivity contribution in [2.45, 2.75) is 25.8 Å². The first kappa shape index (κ1) is 16.1. The van der Waals surface area contributed by atoms with Crippen molar-refractivity contribution in [2.24, 2.45) is 0 Å². The molecule has 2 aromatic heterocycles. The van der Waals surface area contributed by atoms with Gasteiger partial charge in [-0.15, -0.1) is 0 Å². The molecule has 5 heteroatoms. The number of nitrogens with zero attached hydrogens (tertiary/aromatic N) is 2. The molecule has 1 atom stereocenters. The smallest absolute Gasteiger partial charge is 0.227 e. The van der Waals surface area contributed by atoms with E-state index in [1.54, 1.807) is 18.7 Å². The summed E-state index contributed by atoms with van der Waals surface area (Å²) in [4.78, 5) is 12.4. The van der Waals surface area contributed by atoms with Gasteiger partial charge in [-0.05, 0) is 18.1 Å². The molecule has 24 heavy (non-hydrogen) atoms.